The van der Waals surface area contributed by atoms with Gasteiger partial charge in [-0.15, -0.1) is 18.8 Å². The van der Waals surface area contributed by atoms with Crippen LogP contribution < -0.4 is 15.9 Å². The molecule has 0 fully saturated rings. The van der Waals surface area contributed by atoms with Crippen LogP contribution in [0.15, 0.2) is 97.1 Å². The van der Waals surface area contributed by atoms with E-state index >= 15 is 0 Å². The van der Waals surface area contributed by atoms with Gasteiger partial charge in [0.25, 0.3) is 0 Å². The van der Waals surface area contributed by atoms with Crippen LogP contribution in [-0.2, 0) is 17.1 Å². The largest absolute Gasteiger partial charge is 0.748 e. The molecule has 37 heavy (non-hydrogen) atoms. The Hall–Kier alpha value is -1.62. The van der Waals surface area contributed by atoms with Crippen molar-refractivity contribution in [3.05, 3.63) is 114 Å². The molecule has 4 aromatic rings. The van der Waals surface area contributed by atoms with Crippen LogP contribution in [0, 0.1) is 11.6 Å². The Morgan fingerprint density at radius 3 is 1.41 bits per heavy atom. The molecule has 0 spiro atoms. The third kappa shape index (κ3) is 8.43. The van der Waals surface area contributed by atoms with Gasteiger partial charge in [-0.25, -0.2) is 20.9 Å². The molecule has 0 aliphatic carbocycles. The Kier molecular flexibility index (Phi) is 11.5. The average Bonchev–Trinajstić information content (AvgIpc) is 3.50. The minimum atomic E-state index is -0.906. The van der Waals surface area contributed by atoms with E-state index in [1.165, 1.54) is 35.1 Å². The van der Waals surface area contributed by atoms with Crippen molar-refractivity contribution in [3.8, 4) is 0 Å². The van der Waals surface area contributed by atoms with Crippen molar-refractivity contribution in [2.75, 3.05) is 0 Å². The Morgan fingerprint density at radius 1 is 0.676 bits per heavy atom. The fourth-order valence-electron chi connectivity index (χ4n) is 5.22. The van der Waals surface area contributed by atoms with Gasteiger partial charge in [0, 0.05) is 17.1 Å². The van der Waals surface area contributed by atoms with Gasteiger partial charge in [-0.2, -0.15) is 6.07 Å². The maximum atomic E-state index is 13.7. The van der Waals surface area contributed by atoms with Gasteiger partial charge in [-0.3, -0.25) is 0 Å². The van der Waals surface area contributed by atoms with Gasteiger partial charge in [-0.05, 0) is 58.8 Å². The van der Waals surface area contributed by atoms with Gasteiger partial charge in [0.05, 0.1) is 0 Å². The van der Waals surface area contributed by atoms with E-state index in [9.17, 15) is 8.78 Å². The fourth-order valence-corrected chi connectivity index (χ4v) is 12.7. The van der Waals surface area contributed by atoms with E-state index in [4.69, 9.17) is 0 Å². The molecule has 0 amide bonds. The van der Waals surface area contributed by atoms with Gasteiger partial charge in [0.15, 0.2) is 0 Å². The summed E-state index contributed by atoms with van der Waals surface area (Å²) in [5, 5.41) is 3.87. The van der Waals surface area contributed by atoms with Crippen molar-refractivity contribution >= 4 is 31.8 Å². The topological polar surface area (TPSA) is 0 Å². The van der Waals surface area contributed by atoms with Gasteiger partial charge >= 0.3 is 0 Å². The van der Waals surface area contributed by atoms with Gasteiger partial charge < -0.3 is 30.3 Å². The van der Waals surface area contributed by atoms with E-state index in [-0.39, 0.29) is 46.9 Å². The number of rotatable bonds is 5. The summed E-state index contributed by atoms with van der Waals surface area (Å²) in [7, 11) is -1.26. The van der Waals surface area contributed by atoms with Crippen molar-refractivity contribution in [3.63, 3.8) is 0 Å². The van der Waals surface area contributed by atoms with E-state index < -0.39 is 7.92 Å². The molecule has 0 bridgehead atoms. The molecule has 4 aromatic carbocycles. The summed E-state index contributed by atoms with van der Waals surface area (Å²) in [5.41, 5.74) is 1.78. The SMILES string of the molecule is CC([c-]1cccc1P(c1ccc(F)cc1)c1ccc(F)cc1)P(C(C)(C)C)C(C)(C)C.[Fe].[cH-]1[cH-][cH-][cH-][cH-]1. The smallest absolute Gasteiger partial charge is 0.123 e. The van der Waals surface area contributed by atoms with E-state index in [1.807, 2.05) is 54.6 Å². The number of hydrogen-bond acceptors (Lipinski definition) is 0. The summed E-state index contributed by atoms with van der Waals surface area (Å²) in [6.07, 6.45) is 0. The van der Waals surface area contributed by atoms with Crippen molar-refractivity contribution in [1.29, 1.82) is 0 Å². The molecular formula is C32H38F2FeP2-6. The average molecular weight is 578 g/mol. The first-order valence-corrected chi connectivity index (χ1v) is 15.2. The first-order valence-electron chi connectivity index (χ1n) is 12.4. The van der Waals surface area contributed by atoms with Crippen LogP contribution in [0.5, 0.6) is 0 Å². The van der Waals surface area contributed by atoms with Gasteiger partial charge in [0.1, 0.15) is 11.6 Å². The molecule has 0 saturated heterocycles. The zero-order chi connectivity index (χ0) is 26.5. The van der Waals surface area contributed by atoms with E-state index in [0.29, 0.717) is 5.66 Å². The van der Waals surface area contributed by atoms with E-state index in [0.717, 1.165) is 10.6 Å². The molecule has 0 N–H and O–H groups in total. The van der Waals surface area contributed by atoms with Crippen LogP contribution in [0.4, 0.5) is 8.78 Å². The second kappa shape index (κ2) is 13.4. The monoisotopic (exact) mass is 578 g/mol. The molecule has 0 aliphatic rings. The second-order valence-electron chi connectivity index (χ2n) is 11.0. The molecule has 4 rings (SSSR count). The molecule has 0 aliphatic heterocycles. The van der Waals surface area contributed by atoms with Gasteiger partial charge in [0.2, 0.25) is 0 Å². The number of halogens is 2. The summed E-state index contributed by atoms with van der Waals surface area (Å²) in [5.74, 6) is -0.476. The quantitative estimate of drug-likeness (QED) is 0.126. The molecular weight excluding hydrogens is 540 g/mol. The molecule has 0 saturated carbocycles. The Morgan fingerprint density at radius 2 is 1.05 bits per heavy atom. The van der Waals surface area contributed by atoms with Crippen LogP contribution in [0.2, 0.25) is 0 Å². The fraction of sp³-hybridized carbons (Fsp3) is 0.312. The predicted molar refractivity (Wildman–Crippen MR) is 158 cm³/mol. The van der Waals surface area contributed by atoms with Crippen LogP contribution in [-0.4, -0.2) is 10.3 Å². The van der Waals surface area contributed by atoms with E-state index in [1.54, 1.807) is 0 Å². The molecule has 0 radical (unpaired) electrons. The Balaban J connectivity index is 0.000000716. The number of benzene rings is 2. The van der Waals surface area contributed by atoms with Crippen LogP contribution in [0.3, 0.4) is 0 Å². The minimum Gasteiger partial charge on any atom is -0.748 e. The molecule has 5 heteroatoms. The summed E-state index contributed by atoms with van der Waals surface area (Å²) < 4.78 is 27.4. The molecule has 0 heterocycles. The molecule has 1 atom stereocenters. The second-order valence-corrected chi connectivity index (χ2v) is 17.4. The predicted octanol–water partition coefficient (Wildman–Crippen LogP) is 8.98. The summed E-state index contributed by atoms with van der Waals surface area (Å²) >= 11 is 0. The normalized spacial score (nSPS) is 12.6. The molecule has 0 aromatic heterocycles. The van der Waals surface area contributed by atoms with Crippen molar-refractivity contribution in [2.45, 2.75) is 64.4 Å². The summed E-state index contributed by atoms with van der Waals surface area (Å²) in [6.45, 7) is 16.5. The van der Waals surface area contributed by atoms with Crippen molar-refractivity contribution in [2.24, 2.45) is 0 Å². The third-order valence-electron chi connectivity index (χ3n) is 6.07. The van der Waals surface area contributed by atoms with Crippen LogP contribution in [0.25, 0.3) is 0 Å². The van der Waals surface area contributed by atoms with Crippen molar-refractivity contribution in [1.82, 2.24) is 0 Å². The maximum Gasteiger partial charge on any atom is 0.123 e. The molecule has 204 valence electrons. The van der Waals surface area contributed by atoms with Crippen LogP contribution in [0.1, 0.15) is 59.7 Å². The molecule has 0 nitrogen and oxygen atoms in total. The maximum absolute atomic E-state index is 13.7. The first-order chi connectivity index (χ1) is 16.9. The standard InChI is InChI=1S/C27H33F2P2.C5H5.Fe/c1-19(31(26(2,3)4)27(5,6)7)24-9-8-10-25(24)30(22-15-11-20(28)12-16-22)23-17-13-21(29)14-18-23;1-2-4-5-3-1;/h8-19H,1-7H3;1-5H;/q-1;-5;. The zero-order valence-corrected chi connectivity index (χ0v) is 25.7. The summed E-state index contributed by atoms with van der Waals surface area (Å²) in [4.78, 5) is 0. The van der Waals surface area contributed by atoms with E-state index in [2.05, 4.69) is 66.7 Å². The number of hydrogen-bond donors (Lipinski definition) is 0. The summed E-state index contributed by atoms with van der Waals surface area (Å²) in [6, 6.07) is 30.2. The minimum absolute atomic E-state index is 0. The zero-order valence-electron chi connectivity index (χ0n) is 22.8. The van der Waals surface area contributed by atoms with Crippen molar-refractivity contribution < 1.29 is 25.8 Å². The van der Waals surface area contributed by atoms with Gasteiger partial charge in [-0.1, -0.05) is 72.7 Å². The Labute approximate surface area is 235 Å². The molecule has 1 unspecified atom stereocenters. The third-order valence-corrected chi connectivity index (χ3v) is 12.5. The Bertz CT molecular complexity index is 1100. The van der Waals surface area contributed by atoms with Crippen LogP contribution >= 0.6 is 15.8 Å². The first kappa shape index (κ1) is 31.6.